The van der Waals surface area contributed by atoms with Gasteiger partial charge in [0.15, 0.2) is 0 Å². The fraction of sp³-hybridized carbons (Fsp3) is 0.167. The third-order valence-electron chi connectivity index (χ3n) is 5.07. The maximum absolute atomic E-state index is 12.5. The molecular formula is C24H23N5O4S2. The van der Waals surface area contributed by atoms with Gasteiger partial charge in [-0.25, -0.2) is 10.4 Å². The molecule has 4 aromatic rings. The second kappa shape index (κ2) is 10.5. The molecule has 0 saturated carbocycles. The van der Waals surface area contributed by atoms with Crippen LogP contribution in [0.5, 0.6) is 11.5 Å². The highest BCUT2D eigenvalue weighted by Crippen LogP contribution is 2.39. The van der Waals surface area contributed by atoms with E-state index in [4.69, 9.17) is 4.74 Å². The maximum Gasteiger partial charge on any atom is 0.281 e. The van der Waals surface area contributed by atoms with E-state index in [1.54, 1.807) is 42.4 Å². The lowest BCUT2D eigenvalue weighted by Gasteiger charge is -2.04. The van der Waals surface area contributed by atoms with Gasteiger partial charge >= 0.3 is 0 Å². The molecule has 11 heteroatoms. The summed E-state index contributed by atoms with van der Waals surface area (Å²) in [6.07, 6.45) is 3.48. The van der Waals surface area contributed by atoms with Gasteiger partial charge < -0.3 is 19.7 Å². The minimum atomic E-state index is -0.441. The smallest absolute Gasteiger partial charge is 0.281 e. The van der Waals surface area contributed by atoms with Crippen molar-refractivity contribution in [3.63, 3.8) is 0 Å². The van der Waals surface area contributed by atoms with Gasteiger partial charge in [0.1, 0.15) is 11.5 Å². The van der Waals surface area contributed by atoms with Crippen molar-refractivity contribution in [2.24, 2.45) is 12.1 Å². The Bertz CT molecular complexity index is 1390. The van der Waals surface area contributed by atoms with Crippen LogP contribution in [0.15, 0.2) is 59.4 Å². The highest BCUT2D eigenvalue weighted by molar-refractivity contribution is 7.16. The van der Waals surface area contributed by atoms with E-state index >= 15 is 0 Å². The number of hydrogen-bond acceptors (Lipinski definition) is 8. The summed E-state index contributed by atoms with van der Waals surface area (Å²) in [6, 6.07) is 10.5. The number of rotatable bonds is 8. The lowest BCUT2D eigenvalue weighted by molar-refractivity contribution is 0.0949. The molecular weight excluding hydrogens is 486 g/mol. The van der Waals surface area contributed by atoms with Crippen molar-refractivity contribution in [3.8, 4) is 21.9 Å². The highest BCUT2D eigenvalue weighted by Gasteiger charge is 2.17. The van der Waals surface area contributed by atoms with Crippen LogP contribution in [0.25, 0.3) is 10.4 Å². The standard InChI is InChI=1S/C24H23N5O4S2/c1-14(18-12-34-22(21(18)30)15-4-6-17(33-3)7-5-15)27-28-24(32)20-9-8-19(35-20)23(31)25-10-16-11-29(2)13-26-16/h4-9,11-13,30H,10H2,1-3H3,(H,25,31)(H,28,32)/b27-14+. The lowest BCUT2D eigenvalue weighted by atomic mass is 10.1. The maximum atomic E-state index is 12.5. The van der Waals surface area contributed by atoms with Gasteiger partial charge in [-0.05, 0) is 48.9 Å². The van der Waals surface area contributed by atoms with Crippen molar-refractivity contribution in [3.05, 3.63) is 75.3 Å². The zero-order chi connectivity index (χ0) is 24.9. The van der Waals surface area contributed by atoms with Crippen LogP contribution in [0.3, 0.4) is 0 Å². The van der Waals surface area contributed by atoms with Crippen LogP contribution in [-0.2, 0) is 13.6 Å². The first-order valence-corrected chi connectivity index (χ1v) is 12.2. The Labute approximate surface area is 209 Å². The quantitative estimate of drug-likeness (QED) is 0.245. The number of carbonyl (C=O) groups is 2. The Hall–Kier alpha value is -3.96. The molecule has 0 atom stereocenters. The molecule has 0 saturated heterocycles. The summed E-state index contributed by atoms with van der Waals surface area (Å²) >= 11 is 2.45. The van der Waals surface area contributed by atoms with E-state index in [1.165, 1.54) is 11.3 Å². The van der Waals surface area contributed by atoms with Crippen LogP contribution >= 0.6 is 22.7 Å². The minimum absolute atomic E-state index is 0.0960. The minimum Gasteiger partial charge on any atom is -0.506 e. The molecule has 9 nitrogen and oxygen atoms in total. The molecule has 0 bridgehead atoms. The number of hydrogen-bond donors (Lipinski definition) is 3. The number of nitrogens with one attached hydrogen (secondary N) is 2. The van der Waals surface area contributed by atoms with Gasteiger partial charge in [0.2, 0.25) is 0 Å². The zero-order valence-corrected chi connectivity index (χ0v) is 20.9. The van der Waals surface area contributed by atoms with Crippen molar-refractivity contribution >= 4 is 40.2 Å². The molecule has 0 unspecified atom stereocenters. The summed E-state index contributed by atoms with van der Waals surface area (Å²) in [5, 5.41) is 19.4. The summed E-state index contributed by atoms with van der Waals surface area (Å²) in [4.78, 5) is 30.5. The number of benzene rings is 1. The van der Waals surface area contributed by atoms with Gasteiger partial charge in [0, 0.05) is 18.6 Å². The number of amides is 2. The average Bonchev–Trinajstić information content (AvgIpc) is 3.61. The third kappa shape index (κ3) is 5.58. The Morgan fingerprint density at radius 2 is 1.86 bits per heavy atom. The van der Waals surface area contributed by atoms with Crippen molar-refractivity contribution in [2.75, 3.05) is 7.11 Å². The largest absolute Gasteiger partial charge is 0.506 e. The van der Waals surface area contributed by atoms with Gasteiger partial charge in [-0.3, -0.25) is 9.59 Å². The SMILES string of the molecule is COc1ccc(-c2scc(/C(C)=N/NC(=O)c3ccc(C(=O)NCc4cn(C)cn4)s3)c2O)cc1. The number of thiophene rings is 2. The van der Waals surface area contributed by atoms with Gasteiger partial charge in [0.25, 0.3) is 11.8 Å². The van der Waals surface area contributed by atoms with E-state index in [0.717, 1.165) is 28.3 Å². The van der Waals surface area contributed by atoms with Crippen LogP contribution in [0, 0.1) is 0 Å². The van der Waals surface area contributed by atoms with Gasteiger partial charge in [0.05, 0.1) is 51.6 Å². The molecule has 0 aliphatic carbocycles. The topological polar surface area (TPSA) is 118 Å². The molecule has 3 heterocycles. The van der Waals surface area contributed by atoms with Crippen LogP contribution < -0.4 is 15.5 Å². The fourth-order valence-electron chi connectivity index (χ4n) is 3.20. The lowest BCUT2D eigenvalue weighted by Crippen LogP contribution is -2.22. The van der Waals surface area contributed by atoms with Gasteiger partial charge in [-0.15, -0.1) is 22.7 Å². The van der Waals surface area contributed by atoms with Crippen molar-refractivity contribution in [1.82, 2.24) is 20.3 Å². The third-order valence-corrected chi connectivity index (χ3v) is 7.18. The van der Waals surface area contributed by atoms with Gasteiger partial charge in [-0.2, -0.15) is 5.10 Å². The molecule has 180 valence electrons. The molecule has 0 aliphatic rings. The monoisotopic (exact) mass is 509 g/mol. The Morgan fingerprint density at radius 3 is 2.51 bits per heavy atom. The molecule has 0 fully saturated rings. The number of aromatic hydroxyl groups is 1. The van der Waals surface area contributed by atoms with E-state index in [2.05, 4.69) is 20.8 Å². The first-order chi connectivity index (χ1) is 16.9. The number of ether oxygens (including phenoxy) is 1. The number of imidazole rings is 1. The summed E-state index contributed by atoms with van der Waals surface area (Å²) < 4.78 is 6.97. The predicted octanol–water partition coefficient (Wildman–Crippen LogP) is 4.01. The Balaban J connectivity index is 1.38. The first kappa shape index (κ1) is 24.2. The second-order valence-corrected chi connectivity index (χ2v) is 9.53. The molecule has 3 aromatic heterocycles. The molecule has 4 rings (SSSR count). The van der Waals surface area contributed by atoms with E-state index in [9.17, 15) is 14.7 Å². The van der Waals surface area contributed by atoms with E-state index in [1.807, 2.05) is 37.5 Å². The highest BCUT2D eigenvalue weighted by atomic mass is 32.1. The number of carbonyl (C=O) groups excluding carboxylic acids is 2. The second-order valence-electron chi connectivity index (χ2n) is 7.57. The van der Waals surface area contributed by atoms with Crippen LogP contribution in [0.4, 0.5) is 0 Å². The molecule has 2 amide bonds. The van der Waals surface area contributed by atoms with E-state index < -0.39 is 5.91 Å². The van der Waals surface area contributed by atoms with Gasteiger partial charge in [-0.1, -0.05) is 0 Å². The van der Waals surface area contributed by atoms with Crippen LogP contribution in [0.2, 0.25) is 0 Å². The zero-order valence-electron chi connectivity index (χ0n) is 19.2. The molecule has 1 aromatic carbocycles. The number of aryl methyl sites for hydroxylation is 1. The van der Waals surface area contributed by atoms with Crippen molar-refractivity contribution < 1.29 is 19.4 Å². The molecule has 0 spiro atoms. The summed E-state index contributed by atoms with van der Waals surface area (Å²) in [5.41, 5.74) is 5.07. The summed E-state index contributed by atoms with van der Waals surface area (Å²) in [7, 11) is 3.45. The number of hydrazone groups is 1. The van der Waals surface area contributed by atoms with E-state index in [0.29, 0.717) is 32.5 Å². The normalized spacial score (nSPS) is 11.3. The molecule has 3 N–H and O–H groups in total. The number of aromatic nitrogens is 2. The van der Waals surface area contributed by atoms with Crippen LogP contribution in [-0.4, -0.2) is 39.3 Å². The average molecular weight is 510 g/mol. The fourth-order valence-corrected chi connectivity index (χ4v) is 5.03. The number of methoxy groups -OCH3 is 1. The molecule has 0 radical (unpaired) electrons. The summed E-state index contributed by atoms with van der Waals surface area (Å²) in [5.74, 6) is 0.100. The van der Waals surface area contributed by atoms with E-state index in [-0.39, 0.29) is 11.7 Å². The Morgan fingerprint density at radius 1 is 1.14 bits per heavy atom. The predicted molar refractivity (Wildman–Crippen MR) is 136 cm³/mol. The number of nitrogens with zero attached hydrogens (tertiary/aromatic N) is 3. The summed E-state index contributed by atoms with van der Waals surface area (Å²) in [6.45, 7) is 2.00. The van der Waals surface area contributed by atoms with Crippen LogP contribution in [0.1, 0.15) is 37.5 Å². The molecule has 0 aliphatic heterocycles. The Kier molecular flexibility index (Phi) is 7.28. The molecule has 35 heavy (non-hydrogen) atoms. The van der Waals surface area contributed by atoms with Crippen molar-refractivity contribution in [1.29, 1.82) is 0 Å². The van der Waals surface area contributed by atoms with Crippen molar-refractivity contribution in [2.45, 2.75) is 13.5 Å². The first-order valence-electron chi connectivity index (χ1n) is 10.5.